The molecule has 0 spiro atoms. The SMILES string of the molecule is C=C1/C=C\C=C/N(CC23CC2(NC2COC2)C3)C(C)=C1C(=O)NCc1c(C)cc(C)[nH]c1=O. The van der Waals surface area contributed by atoms with E-state index in [9.17, 15) is 9.59 Å². The van der Waals surface area contributed by atoms with E-state index in [1.54, 1.807) is 0 Å². The van der Waals surface area contributed by atoms with Crippen molar-refractivity contribution in [3.63, 3.8) is 0 Å². The molecular formula is C26H32N4O3. The van der Waals surface area contributed by atoms with Crippen LogP contribution in [0.5, 0.6) is 0 Å². The van der Waals surface area contributed by atoms with E-state index in [4.69, 9.17) is 4.74 Å². The highest BCUT2D eigenvalue weighted by molar-refractivity contribution is 5.99. The predicted molar refractivity (Wildman–Crippen MR) is 127 cm³/mol. The minimum atomic E-state index is -0.220. The van der Waals surface area contributed by atoms with Crippen molar-refractivity contribution in [1.29, 1.82) is 0 Å². The van der Waals surface area contributed by atoms with E-state index in [1.165, 1.54) is 12.8 Å². The number of aryl methyl sites for hydroxylation is 2. The van der Waals surface area contributed by atoms with E-state index in [1.807, 2.05) is 51.3 Å². The van der Waals surface area contributed by atoms with E-state index in [0.29, 0.717) is 22.8 Å². The van der Waals surface area contributed by atoms with E-state index >= 15 is 0 Å². The normalized spacial score (nSPS) is 30.2. The van der Waals surface area contributed by atoms with Crippen LogP contribution in [0.1, 0.15) is 36.6 Å². The van der Waals surface area contributed by atoms with Crippen LogP contribution in [0.15, 0.2) is 58.7 Å². The summed E-state index contributed by atoms with van der Waals surface area (Å²) in [5.74, 6) is -0.220. The summed E-state index contributed by atoms with van der Waals surface area (Å²) in [5.41, 5.74) is 4.69. The summed E-state index contributed by atoms with van der Waals surface area (Å²) in [6.45, 7) is 12.5. The first kappa shape index (κ1) is 21.9. The Morgan fingerprint density at radius 1 is 1.27 bits per heavy atom. The van der Waals surface area contributed by atoms with Crippen LogP contribution in [-0.2, 0) is 16.1 Å². The van der Waals surface area contributed by atoms with Gasteiger partial charge in [0.15, 0.2) is 0 Å². The van der Waals surface area contributed by atoms with Crippen molar-refractivity contribution in [1.82, 2.24) is 20.5 Å². The molecule has 0 bridgehead atoms. The monoisotopic (exact) mass is 448 g/mol. The van der Waals surface area contributed by atoms with Gasteiger partial charge in [0.25, 0.3) is 11.5 Å². The fraction of sp³-hybridized carbons (Fsp3) is 0.462. The van der Waals surface area contributed by atoms with E-state index in [2.05, 4.69) is 27.1 Å². The molecule has 0 unspecified atom stereocenters. The Bertz CT molecular complexity index is 1160. The Kier molecular flexibility index (Phi) is 5.21. The second-order valence-electron chi connectivity index (χ2n) is 10.0. The van der Waals surface area contributed by atoms with Crippen molar-refractivity contribution in [2.45, 2.75) is 51.7 Å². The Morgan fingerprint density at radius 2 is 2.03 bits per heavy atom. The van der Waals surface area contributed by atoms with E-state index in [0.717, 1.165) is 36.7 Å². The zero-order valence-corrected chi connectivity index (χ0v) is 19.6. The standard InChI is InChI=1S/C26H32N4O3/c1-16-7-5-6-8-30(15-25-13-26(25,14-25)29-20-11-33-12-20)19(4)22(16)24(32)27-10-21-17(2)9-18(3)28-23(21)31/h5-9,20,29H,1,10-15H2,2-4H3,(H,27,32)(H,28,31)/b7-5-,8-6-,22-19?. The molecular weight excluding hydrogens is 416 g/mol. The van der Waals surface area contributed by atoms with Gasteiger partial charge in [-0.05, 0) is 56.9 Å². The van der Waals surface area contributed by atoms with Gasteiger partial charge in [0.1, 0.15) is 0 Å². The molecule has 2 saturated carbocycles. The van der Waals surface area contributed by atoms with Crippen molar-refractivity contribution >= 4 is 5.91 Å². The second-order valence-corrected chi connectivity index (χ2v) is 10.0. The molecule has 7 heteroatoms. The first-order chi connectivity index (χ1) is 15.7. The summed E-state index contributed by atoms with van der Waals surface area (Å²) in [6.07, 6.45) is 10.1. The molecule has 4 aliphatic rings. The number of aromatic nitrogens is 1. The molecule has 0 aromatic carbocycles. The van der Waals surface area contributed by atoms with Gasteiger partial charge in [-0.3, -0.25) is 9.59 Å². The molecule has 3 heterocycles. The smallest absolute Gasteiger partial charge is 0.253 e. The number of allylic oxidation sites excluding steroid dienone is 4. The van der Waals surface area contributed by atoms with Gasteiger partial charge >= 0.3 is 0 Å². The van der Waals surface area contributed by atoms with Crippen LogP contribution in [0.3, 0.4) is 0 Å². The fourth-order valence-electron chi connectivity index (χ4n) is 5.31. The Labute approximate surface area is 194 Å². The molecule has 2 aliphatic carbocycles. The van der Waals surface area contributed by atoms with Crippen LogP contribution >= 0.6 is 0 Å². The Morgan fingerprint density at radius 3 is 2.70 bits per heavy atom. The van der Waals surface area contributed by atoms with Crippen LogP contribution in [0.25, 0.3) is 0 Å². The number of nitrogens with zero attached hydrogens (tertiary/aromatic N) is 1. The first-order valence-electron chi connectivity index (χ1n) is 11.6. The lowest BCUT2D eigenvalue weighted by Gasteiger charge is -2.28. The summed E-state index contributed by atoms with van der Waals surface area (Å²) in [6, 6.07) is 2.39. The third-order valence-electron chi connectivity index (χ3n) is 7.57. The molecule has 1 aromatic rings. The number of H-pyrrole nitrogens is 1. The lowest BCUT2D eigenvalue weighted by Crippen LogP contribution is -2.49. The highest BCUT2D eigenvalue weighted by Gasteiger charge is 2.83. The average molecular weight is 449 g/mol. The molecule has 0 atom stereocenters. The summed E-state index contributed by atoms with van der Waals surface area (Å²) in [4.78, 5) is 30.6. The number of carbonyl (C=O) groups is 1. The van der Waals surface area contributed by atoms with Gasteiger partial charge in [-0.2, -0.15) is 0 Å². The highest BCUT2D eigenvalue weighted by Crippen LogP contribution is 2.79. The minimum Gasteiger partial charge on any atom is -0.378 e. The lowest BCUT2D eigenvalue weighted by atomic mass is 10.0. The molecule has 7 nitrogen and oxygen atoms in total. The first-order valence-corrected chi connectivity index (χ1v) is 11.6. The number of fused-ring (bicyclic) bond motifs is 1. The number of aromatic amines is 1. The second kappa shape index (κ2) is 7.85. The number of pyridine rings is 1. The molecule has 33 heavy (non-hydrogen) atoms. The summed E-state index contributed by atoms with van der Waals surface area (Å²) >= 11 is 0. The third kappa shape index (κ3) is 3.89. The van der Waals surface area contributed by atoms with Crippen LogP contribution in [-0.4, -0.2) is 47.1 Å². The highest BCUT2D eigenvalue weighted by atomic mass is 16.5. The van der Waals surface area contributed by atoms with Gasteiger partial charge in [-0.25, -0.2) is 0 Å². The van der Waals surface area contributed by atoms with Gasteiger partial charge in [0.2, 0.25) is 0 Å². The van der Waals surface area contributed by atoms with E-state index < -0.39 is 0 Å². The molecule has 2 aliphatic heterocycles. The number of amides is 1. The van der Waals surface area contributed by atoms with Crippen LogP contribution in [0.4, 0.5) is 0 Å². The molecule has 3 fully saturated rings. The number of hydrogen-bond donors (Lipinski definition) is 3. The zero-order valence-electron chi connectivity index (χ0n) is 19.6. The molecule has 174 valence electrons. The largest absolute Gasteiger partial charge is 0.378 e. The molecule has 5 rings (SSSR count). The number of nitrogens with one attached hydrogen (secondary N) is 3. The quantitative estimate of drug-likeness (QED) is 0.596. The lowest BCUT2D eigenvalue weighted by molar-refractivity contribution is -0.117. The van der Waals surface area contributed by atoms with Gasteiger partial charge in [0, 0.05) is 47.2 Å². The number of rotatable bonds is 7. The predicted octanol–water partition coefficient (Wildman–Crippen LogP) is 2.34. The maximum absolute atomic E-state index is 13.3. The fourth-order valence-corrected chi connectivity index (χ4v) is 5.31. The van der Waals surface area contributed by atoms with Crippen molar-refractivity contribution < 1.29 is 9.53 Å². The molecule has 1 saturated heterocycles. The molecule has 0 radical (unpaired) electrons. The topological polar surface area (TPSA) is 86.5 Å². The number of carbonyl (C=O) groups excluding carboxylic acids is 1. The minimum absolute atomic E-state index is 0.165. The van der Waals surface area contributed by atoms with Gasteiger partial charge < -0.3 is 25.3 Å². The van der Waals surface area contributed by atoms with Crippen LogP contribution in [0, 0.1) is 19.3 Å². The number of ether oxygens (including phenoxy) is 1. The summed E-state index contributed by atoms with van der Waals surface area (Å²) in [5, 5.41) is 6.72. The maximum atomic E-state index is 13.3. The average Bonchev–Trinajstić information content (AvgIpc) is 3.51. The maximum Gasteiger partial charge on any atom is 0.253 e. The van der Waals surface area contributed by atoms with Gasteiger partial charge in [-0.15, -0.1) is 0 Å². The van der Waals surface area contributed by atoms with Crippen LogP contribution < -0.4 is 16.2 Å². The Hall–Kier alpha value is -2.90. The number of hydrogen-bond acceptors (Lipinski definition) is 5. The van der Waals surface area contributed by atoms with Gasteiger partial charge in [0.05, 0.1) is 24.8 Å². The molecule has 1 aromatic heterocycles. The van der Waals surface area contributed by atoms with E-state index in [-0.39, 0.29) is 29.0 Å². The molecule has 1 amide bonds. The van der Waals surface area contributed by atoms with Crippen molar-refractivity contribution in [3.8, 4) is 0 Å². The van der Waals surface area contributed by atoms with Crippen molar-refractivity contribution in [2.75, 3.05) is 19.8 Å². The third-order valence-corrected chi connectivity index (χ3v) is 7.57. The van der Waals surface area contributed by atoms with Crippen molar-refractivity contribution in [2.24, 2.45) is 5.41 Å². The van der Waals surface area contributed by atoms with Gasteiger partial charge in [-0.1, -0.05) is 18.7 Å². The zero-order chi connectivity index (χ0) is 23.4. The van der Waals surface area contributed by atoms with Crippen LogP contribution in [0.2, 0.25) is 0 Å². The summed E-state index contributed by atoms with van der Waals surface area (Å²) < 4.78 is 5.31. The Balaban J connectivity index is 1.32. The molecule has 3 N–H and O–H groups in total. The van der Waals surface area contributed by atoms with Crippen molar-refractivity contribution in [3.05, 3.63) is 81.1 Å². The summed E-state index contributed by atoms with van der Waals surface area (Å²) in [7, 11) is 0.